The number of benzene rings is 1. The van der Waals surface area contributed by atoms with Gasteiger partial charge in [0.25, 0.3) is 17.0 Å². The van der Waals surface area contributed by atoms with Crippen LogP contribution in [0.15, 0.2) is 27.8 Å². The second-order valence-electron chi connectivity index (χ2n) is 8.10. The minimum atomic E-state index is -0.528. The van der Waals surface area contributed by atoms with Gasteiger partial charge in [-0.15, -0.1) is 0 Å². The second-order valence-corrected chi connectivity index (χ2v) is 8.10. The molecule has 9 nitrogen and oxygen atoms in total. The summed E-state index contributed by atoms with van der Waals surface area (Å²) in [4.78, 5) is 39.0. The highest BCUT2D eigenvalue weighted by molar-refractivity contribution is 5.98. The van der Waals surface area contributed by atoms with E-state index in [9.17, 15) is 19.5 Å². The fraction of sp³-hybridized carbons (Fsp3) is 0.476. The number of aromatic hydroxyl groups is 1. The van der Waals surface area contributed by atoms with Crippen LogP contribution in [0.5, 0.6) is 5.75 Å². The molecule has 0 fully saturated rings. The van der Waals surface area contributed by atoms with Gasteiger partial charge in [-0.2, -0.15) is 0 Å². The van der Waals surface area contributed by atoms with Crippen molar-refractivity contribution in [2.45, 2.75) is 39.7 Å². The van der Waals surface area contributed by atoms with E-state index < -0.39 is 11.1 Å². The van der Waals surface area contributed by atoms with E-state index in [1.807, 2.05) is 6.92 Å². The highest BCUT2D eigenvalue weighted by Gasteiger charge is 2.20. The summed E-state index contributed by atoms with van der Waals surface area (Å²) in [5.41, 5.74) is -0.599. The number of hydrogen-bond acceptors (Lipinski definition) is 6. The summed E-state index contributed by atoms with van der Waals surface area (Å²) in [5.74, 6) is -0.160. The predicted molar refractivity (Wildman–Crippen MR) is 119 cm³/mol. The van der Waals surface area contributed by atoms with Crippen molar-refractivity contribution in [3.63, 3.8) is 0 Å². The molecule has 0 radical (unpaired) electrons. The van der Waals surface area contributed by atoms with Crippen molar-refractivity contribution in [3.05, 3.63) is 44.5 Å². The lowest BCUT2D eigenvalue weighted by Gasteiger charge is -2.20. The van der Waals surface area contributed by atoms with Gasteiger partial charge >= 0.3 is 0 Å². The average molecular weight is 418 g/mol. The number of phenolic OH excluding ortho intramolecular Hbond substituents is 1. The molecule has 1 aromatic carbocycles. The summed E-state index contributed by atoms with van der Waals surface area (Å²) in [6, 6.07) is 4.57. The SMILES string of the molecule is CC(C)CCC(C)Nc1c(Nc2cccc(C(=O)N(C)C)c2O)c(=O)[nH]n(C)c1=O. The maximum atomic E-state index is 12.7. The van der Waals surface area contributed by atoms with Gasteiger partial charge in [0.05, 0.1) is 11.3 Å². The number of nitrogens with zero attached hydrogens (tertiary/aromatic N) is 2. The lowest BCUT2D eigenvalue weighted by atomic mass is 10.0. The zero-order valence-corrected chi connectivity index (χ0v) is 18.4. The molecule has 0 aliphatic rings. The van der Waals surface area contributed by atoms with Gasteiger partial charge in [0.2, 0.25) is 0 Å². The highest BCUT2D eigenvalue weighted by atomic mass is 16.3. The second kappa shape index (κ2) is 9.51. The van der Waals surface area contributed by atoms with E-state index in [1.54, 1.807) is 20.2 Å². The molecule has 30 heavy (non-hydrogen) atoms. The van der Waals surface area contributed by atoms with Crippen molar-refractivity contribution in [2.24, 2.45) is 13.0 Å². The standard InChI is InChI=1S/C21H31N5O4/c1-12(2)10-11-13(3)22-17-16(19(28)24-26(6)21(17)30)23-15-9-7-8-14(18(15)27)20(29)25(4)5/h7-9,12-13,22-23,27H,10-11H2,1-6H3,(H,24,28). The summed E-state index contributed by atoms with van der Waals surface area (Å²) in [6.45, 7) is 6.19. The van der Waals surface area contributed by atoms with Crippen molar-refractivity contribution >= 4 is 23.0 Å². The normalized spacial score (nSPS) is 12.0. The van der Waals surface area contributed by atoms with Gasteiger partial charge in [0.1, 0.15) is 11.4 Å². The first-order chi connectivity index (χ1) is 14.0. The van der Waals surface area contributed by atoms with E-state index in [0.29, 0.717) is 5.92 Å². The van der Waals surface area contributed by atoms with Crippen LogP contribution in [0.4, 0.5) is 17.1 Å². The Labute approximate surface area is 175 Å². The number of hydrogen-bond donors (Lipinski definition) is 4. The zero-order chi connectivity index (χ0) is 22.6. The molecule has 0 saturated carbocycles. The number of aromatic amines is 1. The van der Waals surface area contributed by atoms with Crippen LogP contribution < -0.4 is 21.8 Å². The molecule has 164 valence electrons. The van der Waals surface area contributed by atoms with Crippen LogP contribution in [-0.2, 0) is 7.05 Å². The molecule has 0 aliphatic heterocycles. The molecule has 1 atom stereocenters. The number of carbonyl (C=O) groups excluding carboxylic acids is 1. The molecule has 4 N–H and O–H groups in total. The minimum absolute atomic E-state index is 0.0146. The van der Waals surface area contributed by atoms with Crippen molar-refractivity contribution in [1.82, 2.24) is 14.7 Å². The number of para-hydroxylation sites is 1. The minimum Gasteiger partial charge on any atom is -0.505 e. The van der Waals surface area contributed by atoms with Gasteiger partial charge in [-0.25, -0.2) is 0 Å². The fourth-order valence-electron chi connectivity index (χ4n) is 2.99. The molecule has 0 aliphatic carbocycles. The molecule has 0 saturated heterocycles. The average Bonchev–Trinajstić information content (AvgIpc) is 2.67. The number of phenols is 1. The van der Waals surface area contributed by atoms with Gasteiger partial charge in [-0.1, -0.05) is 19.9 Å². The third-order valence-electron chi connectivity index (χ3n) is 4.76. The number of anilines is 3. The number of carbonyl (C=O) groups is 1. The third-order valence-corrected chi connectivity index (χ3v) is 4.76. The number of H-pyrrole nitrogens is 1. The van der Waals surface area contributed by atoms with Crippen LogP contribution in [0.25, 0.3) is 0 Å². The molecule has 9 heteroatoms. The van der Waals surface area contributed by atoms with Crippen LogP contribution in [-0.4, -0.2) is 45.8 Å². The molecular formula is C21H31N5O4. The lowest BCUT2D eigenvalue weighted by molar-refractivity contribution is 0.0824. The Kier molecular flexibility index (Phi) is 7.31. The molecule has 1 aromatic heterocycles. The Morgan fingerprint density at radius 1 is 1.17 bits per heavy atom. The summed E-state index contributed by atoms with van der Waals surface area (Å²) in [6.07, 6.45) is 1.79. The largest absolute Gasteiger partial charge is 0.505 e. The maximum Gasteiger partial charge on any atom is 0.290 e. The third kappa shape index (κ3) is 5.22. The number of rotatable bonds is 8. The summed E-state index contributed by atoms with van der Waals surface area (Å²) >= 11 is 0. The molecule has 1 heterocycles. The van der Waals surface area contributed by atoms with E-state index in [2.05, 4.69) is 29.6 Å². The monoisotopic (exact) mass is 417 g/mol. The van der Waals surface area contributed by atoms with Gasteiger partial charge < -0.3 is 20.6 Å². The Morgan fingerprint density at radius 3 is 2.43 bits per heavy atom. The highest BCUT2D eigenvalue weighted by Crippen LogP contribution is 2.31. The Bertz CT molecular complexity index is 1020. The van der Waals surface area contributed by atoms with E-state index >= 15 is 0 Å². The molecule has 2 aromatic rings. The van der Waals surface area contributed by atoms with Crippen LogP contribution >= 0.6 is 0 Å². The molecular weight excluding hydrogens is 386 g/mol. The predicted octanol–water partition coefficient (Wildman–Crippen LogP) is 2.46. The molecule has 1 amide bonds. The van der Waals surface area contributed by atoms with Gasteiger partial charge in [-0.05, 0) is 37.8 Å². The van der Waals surface area contributed by atoms with E-state index in [4.69, 9.17) is 0 Å². The van der Waals surface area contributed by atoms with Crippen LogP contribution in [0.3, 0.4) is 0 Å². The molecule has 2 rings (SSSR count). The first kappa shape index (κ1) is 23.1. The maximum absolute atomic E-state index is 12.7. The van der Waals surface area contributed by atoms with Gasteiger partial charge in [-0.3, -0.25) is 24.2 Å². The van der Waals surface area contributed by atoms with Crippen molar-refractivity contribution in [1.29, 1.82) is 0 Å². The first-order valence-corrected chi connectivity index (χ1v) is 9.93. The van der Waals surface area contributed by atoms with E-state index in [0.717, 1.165) is 17.5 Å². The zero-order valence-electron chi connectivity index (χ0n) is 18.4. The quantitative estimate of drug-likeness (QED) is 0.490. The molecule has 0 spiro atoms. The van der Waals surface area contributed by atoms with Crippen LogP contribution in [0.1, 0.15) is 44.0 Å². The fourth-order valence-corrected chi connectivity index (χ4v) is 2.99. The van der Waals surface area contributed by atoms with Crippen molar-refractivity contribution in [2.75, 3.05) is 24.7 Å². The van der Waals surface area contributed by atoms with Crippen LogP contribution in [0.2, 0.25) is 0 Å². The van der Waals surface area contributed by atoms with Gasteiger partial charge in [0, 0.05) is 27.2 Å². The lowest BCUT2D eigenvalue weighted by Crippen LogP contribution is -2.34. The number of nitrogens with one attached hydrogen (secondary N) is 3. The Morgan fingerprint density at radius 2 is 1.83 bits per heavy atom. The van der Waals surface area contributed by atoms with E-state index in [-0.39, 0.29) is 40.3 Å². The van der Waals surface area contributed by atoms with Gasteiger partial charge in [0.15, 0.2) is 5.75 Å². The first-order valence-electron chi connectivity index (χ1n) is 9.93. The Hall–Kier alpha value is -3.23. The number of aryl methyl sites for hydroxylation is 1. The number of aromatic nitrogens is 2. The van der Waals surface area contributed by atoms with E-state index in [1.165, 1.54) is 24.1 Å². The van der Waals surface area contributed by atoms with Crippen molar-refractivity contribution < 1.29 is 9.90 Å². The summed E-state index contributed by atoms with van der Waals surface area (Å²) in [5, 5.41) is 19.0. The Balaban J connectivity index is 2.47. The topological polar surface area (TPSA) is 119 Å². The van der Waals surface area contributed by atoms with Crippen LogP contribution in [0, 0.1) is 5.92 Å². The molecule has 0 bridgehead atoms. The summed E-state index contributed by atoms with van der Waals surface area (Å²) in [7, 11) is 4.62. The van der Waals surface area contributed by atoms with Crippen molar-refractivity contribution in [3.8, 4) is 5.75 Å². The molecule has 1 unspecified atom stereocenters. The summed E-state index contributed by atoms with van der Waals surface area (Å²) < 4.78 is 1.11. The smallest absolute Gasteiger partial charge is 0.290 e. The number of amides is 1.